The molecule has 18 heavy (non-hydrogen) atoms. The van der Waals surface area contributed by atoms with Crippen LogP contribution in [0.5, 0.6) is 0 Å². The fourth-order valence-corrected chi connectivity index (χ4v) is 2.06. The van der Waals surface area contributed by atoms with Gasteiger partial charge >= 0.3 is 0 Å². The zero-order valence-electron chi connectivity index (χ0n) is 9.51. The summed E-state index contributed by atoms with van der Waals surface area (Å²) in [7, 11) is 0. The van der Waals surface area contributed by atoms with Gasteiger partial charge in [0.25, 0.3) is 0 Å². The Morgan fingerprint density at radius 2 is 1.94 bits per heavy atom. The summed E-state index contributed by atoms with van der Waals surface area (Å²) in [5.41, 5.74) is 1.53. The van der Waals surface area contributed by atoms with Crippen molar-refractivity contribution in [2.75, 3.05) is 0 Å². The third-order valence-electron chi connectivity index (χ3n) is 2.63. The number of hydrogen-bond donors (Lipinski definition) is 0. The van der Waals surface area contributed by atoms with Gasteiger partial charge in [0.15, 0.2) is 5.78 Å². The summed E-state index contributed by atoms with van der Waals surface area (Å²) in [6.07, 6.45) is 0. The molecule has 1 nitrogen and oxygen atoms in total. The molecule has 0 unspecified atom stereocenters. The van der Waals surface area contributed by atoms with Gasteiger partial charge in [-0.05, 0) is 58.7 Å². The Morgan fingerprint density at radius 1 is 1.22 bits per heavy atom. The van der Waals surface area contributed by atoms with Gasteiger partial charge in [-0.2, -0.15) is 0 Å². The lowest BCUT2D eigenvalue weighted by Crippen LogP contribution is -2.04. The normalized spacial score (nSPS) is 10.4. The first-order chi connectivity index (χ1) is 8.49. The molecule has 0 radical (unpaired) electrons. The molecule has 0 aliphatic heterocycles. The van der Waals surface area contributed by atoms with Crippen LogP contribution < -0.4 is 0 Å². The SMILES string of the molecule is Cc1ccc(F)cc1C(=O)c1ccc(Br)c(Cl)c1. The van der Waals surface area contributed by atoms with E-state index in [1.807, 2.05) is 0 Å². The lowest BCUT2D eigenvalue weighted by Gasteiger charge is -2.06. The molecule has 2 aromatic rings. The zero-order chi connectivity index (χ0) is 13.3. The van der Waals surface area contributed by atoms with Crippen LogP contribution in [-0.2, 0) is 0 Å². The minimum Gasteiger partial charge on any atom is -0.289 e. The molecule has 4 heteroatoms. The predicted octanol–water partition coefficient (Wildman–Crippen LogP) is 4.78. The van der Waals surface area contributed by atoms with E-state index in [1.54, 1.807) is 31.2 Å². The minimum atomic E-state index is -0.424. The van der Waals surface area contributed by atoms with Crippen LogP contribution in [0.4, 0.5) is 4.39 Å². The molecular weight excluding hydrogens is 319 g/mol. The lowest BCUT2D eigenvalue weighted by molar-refractivity contribution is 0.103. The second kappa shape index (κ2) is 5.21. The highest BCUT2D eigenvalue weighted by molar-refractivity contribution is 9.10. The number of hydrogen-bond acceptors (Lipinski definition) is 1. The molecule has 2 aromatic carbocycles. The van der Waals surface area contributed by atoms with E-state index < -0.39 is 5.82 Å². The van der Waals surface area contributed by atoms with Crippen molar-refractivity contribution in [3.05, 3.63) is 68.4 Å². The van der Waals surface area contributed by atoms with E-state index in [0.29, 0.717) is 16.1 Å². The van der Waals surface area contributed by atoms with Crippen molar-refractivity contribution < 1.29 is 9.18 Å². The molecule has 2 rings (SSSR count). The van der Waals surface area contributed by atoms with Gasteiger partial charge < -0.3 is 0 Å². The number of rotatable bonds is 2. The Kier molecular flexibility index (Phi) is 3.83. The van der Waals surface area contributed by atoms with Crippen LogP contribution in [-0.4, -0.2) is 5.78 Å². The number of carbonyl (C=O) groups excluding carboxylic acids is 1. The summed E-state index contributed by atoms with van der Waals surface area (Å²) in [6, 6.07) is 9.09. The first kappa shape index (κ1) is 13.2. The van der Waals surface area contributed by atoms with E-state index in [9.17, 15) is 9.18 Å². The second-order valence-electron chi connectivity index (χ2n) is 3.92. The van der Waals surface area contributed by atoms with Gasteiger partial charge in [-0.1, -0.05) is 17.7 Å². The maximum atomic E-state index is 13.2. The van der Waals surface area contributed by atoms with Crippen molar-refractivity contribution >= 4 is 33.3 Å². The van der Waals surface area contributed by atoms with Crippen molar-refractivity contribution in [3.63, 3.8) is 0 Å². The Hall–Kier alpha value is -1.19. The Balaban J connectivity index is 2.47. The zero-order valence-corrected chi connectivity index (χ0v) is 11.8. The van der Waals surface area contributed by atoms with E-state index >= 15 is 0 Å². The Bertz CT molecular complexity index is 625. The predicted molar refractivity (Wildman–Crippen MR) is 73.7 cm³/mol. The maximum Gasteiger partial charge on any atom is 0.193 e. The quantitative estimate of drug-likeness (QED) is 0.725. The van der Waals surface area contributed by atoms with Crippen LogP contribution in [0.15, 0.2) is 40.9 Å². The van der Waals surface area contributed by atoms with Gasteiger partial charge in [-0.3, -0.25) is 4.79 Å². The smallest absolute Gasteiger partial charge is 0.193 e. The molecule has 0 spiro atoms. The summed E-state index contributed by atoms with van der Waals surface area (Å²) in [5, 5.41) is 0.454. The van der Waals surface area contributed by atoms with Gasteiger partial charge in [0, 0.05) is 15.6 Å². The summed E-state index contributed by atoms with van der Waals surface area (Å²) >= 11 is 9.20. The van der Waals surface area contributed by atoms with Crippen LogP contribution in [0.1, 0.15) is 21.5 Å². The topological polar surface area (TPSA) is 17.1 Å². The maximum absolute atomic E-state index is 13.2. The third kappa shape index (κ3) is 2.62. The molecule has 0 bridgehead atoms. The highest BCUT2D eigenvalue weighted by Crippen LogP contribution is 2.25. The molecule has 0 aliphatic carbocycles. The molecule has 0 saturated heterocycles. The van der Waals surface area contributed by atoms with Crippen molar-refractivity contribution in [1.29, 1.82) is 0 Å². The molecule has 0 aliphatic rings. The molecule has 0 N–H and O–H groups in total. The van der Waals surface area contributed by atoms with Crippen molar-refractivity contribution in [1.82, 2.24) is 0 Å². The van der Waals surface area contributed by atoms with Gasteiger partial charge in [0.2, 0.25) is 0 Å². The molecule has 0 saturated carbocycles. The summed E-state index contributed by atoms with van der Waals surface area (Å²) in [4.78, 5) is 12.2. The Morgan fingerprint density at radius 3 is 2.61 bits per heavy atom. The van der Waals surface area contributed by atoms with E-state index in [4.69, 9.17) is 11.6 Å². The summed E-state index contributed by atoms with van der Waals surface area (Å²) in [5.74, 6) is -0.659. The van der Waals surface area contributed by atoms with Gasteiger partial charge in [-0.15, -0.1) is 0 Å². The third-order valence-corrected chi connectivity index (χ3v) is 3.86. The van der Waals surface area contributed by atoms with Crippen molar-refractivity contribution in [2.45, 2.75) is 6.92 Å². The highest BCUT2D eigenvalue weighted by atomic mass is 79.9. The standard InChI is InChI=1S/C14H9BrClFO/c1-8-2-4-10(17)7-11(8)14(18)9-3-5-12(15)13(16)6-9/h2-7H,1H3. The minimum absolute atomic E-state index is 0.235. The average Bonchev–Trinajstić information content (AvgIpc) is 2.35. The number of carbonyl (C=O) groups is 1. The fourth-order valence-electron chi connectivity index (χ4n) is 1.63. The first-order valence-corrected chi connectivity index (χ1v) is 6.42. The number of aryl methyl sites for hydroxylation is 1. The van der Waals surface area contributed by atoms with Gasteiger partial charge in [0.05, 0.1) is 5.02 Å². The number of ketones is 1. The van der Waals surface area contributed by atoms with Crippen LogP contribution in [0.2, 0.25) is 5.02 Å². The molecule has 0 amide bonds. The molecule has 0 heterocycles. The van der Waals surface area contributed by atoms with E-state index in [-0.39, 0.29) is 5.78 Å². The van der Waals surface area contributed by atoms with Crippen LogP contribution in [0.25, 0.3) is 0 Å². The van der Waals surface area contributed by atoms with Crippen molar-refractivity contribution in [2.24, 2.45) is 0 Å². The molecule has 92 valence electrons. The lowest BCUT2D eigenvalue weighted by atomic mass is 9.99. The fraction of sp³-hybridized carbons (Fsp3) is 0.0714. The van der Waals surface area contributed by atoms with E-state index in [1.165, 1.54) is 12.1 Å². The van der Waals surface area contributed by atoms with Crippen LogP contribution >= 0.6 is 27.5 Å². The van der Waals surface area contributed by atoms with E-state index in [2.05, 4.69) is 15.9 Å². The average molecular weight is 328 g/mol. The molecular formula is C14H9BrClFO. The monoisotopic (exact) mass is 326 g/mol. The first-order valence-electron chi connectivity index (χ1n) is 5.25. The number of benzene rings is 2. The molecule has 0 aromatic heterocycles. The van der Waals surface area contributed by atoms with Crippen LogP contribution in [0.3, 0.4) is 0 Å². The molecule has 0 atom stereocenters. The van der Waals surface area contributed by atoms with Crippen LogP contribution in [0, 0.1) is 12.7 Å². The summed E-state index contributed by atoms with van der Waals surface area (Å²) < 4.78 is 13.9. The summed E-state index contributed by atoms with van der Waals surface area (Å²) in [6.45, 7) is 1.77. The second-order valence-corrected chi connectivity index (χ2v) is 5.18. The number of halogens is 3. The van der Waals surface area contributed by atoms with Gasteiger partial charge in [-0.25, -0.2) is 4.39 Å². The van der Waals surface area contributed by atoms with Gasteiger partial charge in [0.1, 0.15) is 5.82 Å². The molecule has 0 fully saturated rings. The van der Waals surface area contributed by atoms with Crippen molar-refractivity contribution in [3.8, 4) is 0 Å². The largest absolute Gasteiger partial charge is 0.289 e. The van der Waals surface area contributed by atoms with E-state index in [0.717, 1.165) is 10.0 Å². The Labute approximate surface area is 118 Å². The highest BCUT2D eigenvalue weighted by Gasteiger charge is 2.13.